The molecule has 4 rings (SSSR count). The Labute approximate surface area is 192 Å². The number of hydrogen-bond donors (Lipinski definition) is 0. The van der Waals surface area contributed by atoms with Gasteiger partial charge in [0.2, 0.25) is 0 Å². The average Bonchev–Trinajstić information content (AvgIpc) is 3.10. The van der Waals surface area contributed by atoms with Gasteiger partial charge in [0, 0.05) is 10.6 Å². The molecule has 0 N–H and O–H groups in total. The van der Waals surface area contributed by atoms with Crippen molar-refractivity contribution in [2.24, 2.45) is 0 Å². The third-order valence-electron chi connectivity index (χ3n) is 5.58. The van der Waals surface area contributed by atoms with Gasteiger partial charge in [0.05, 0.1) is 11.1 Å². The van der Waals surface area contributed by atoms with Crippen LogP contribution in [-0.2, 0) is 19.3 Å². The fraction of sp³-hybridized carbons (Fsp3) is 0.308. The first-order valence-electron chi connectivity index (χ1n) is 10.9. The maximum Gasteiger partial charge on any atom is 0.267 e. The Bertz CT molecular complexity index is 1220. The van der Waals surface area contributed by atoms with E-state index in [4.69, 9.17) is 4.98 Å². The highest BCUT2D eigenvalue weighted by atomic mass is 32.2. The van der Waals surface area contributed by atoms with Crippen LogP contribution in [0.1, 0.15) is 41.8 Å². The van der Waals surface area contributed by atoms with E-state index in [1.165, 1.54) is 16.0 Å². The molecule has 160 valence electrons. The lowest BCUT2D eigenvalue weighted by atomic mass is 10.1. The molecule has 0 aliphatic carbocycles. The van der Waals surface area contributed by atoms with Crippen molar-refractivity contribution in [2.45, 2.75) is 51.6 Å². The second-order valence-corrected chi connectivity index (χ2v) is 9.87. The number of aromatic nitrogens is 2. The van der Waals surface area contributed by atoms with E-state index in [1.54, 1.807) is 23.1 Å². The smallest absolute Gasteiger partial charge is 0.267 e. The molecule has 0 aliphatic rings. The molecule has 0 saturated carbocycles. The molecule has 2 heterocycles. The number of benzene rings is 2. The van der Waals surface area contributed by atoms with Crippen LogP contribution >= 0.6 is 23.1 Å². The van der Waals surface area contributed by atoms with Crippen LogP contribution in [0.3, 0.4) is 0 Å². The Balaban J connectivity index is 1.78. The van der Waals surface area contributed by atoms with Crippen molar-refractivity contribution in [2.75, 3.05) is 5.75 Å². The van der Waals surface area contributed by atoms with Crippen LogP contribution < -0.4 is 5.56 Å². The molecule has 0 aliphatic heterocycles. The summed E-state index contributed by atoms with van der Waals surface area (Å²) in [5, 5.41) is 1.56. The van der Waals surface area contributed by atoms with Crippen molar-refractivity contribution in [1.82, 2.24) is 9.55 Å². The summed E-state index contributed by atoms with van der Waals surface area (Å²) in [5.74, 6) is 0.876. The summed E-state index contributed by atoms with van der Waals surface area (Å²) in [4.78, 5) is 20.8. The third kappa shape index (κ3) is 4.63. The van der Waals surface area contributed by atoms with E-state index in [1.807, 2.05) is 22.8 Å². The lowest BCUT2D eigenvalue weighted by molar-refractivity contribution is 0.820. The molecule has 5 heteroatoms. The van der Waals surface area contributed by atoms with Crippen LogP contribution in [0.25, 0.3) is 15.9 Å². The molecule has 0 radical (unpaired) electrons. The van der Waals surface area contributed by atoms with E-state index in [9.17, 15) is 4.79 Å². The maximum absolute atomic E-state index is 13.7. The number of hydrogen-bond acceptors (Lipinski definition) is 4. The summed E-state index contributed by atoms with van der Waals surface area (Å²) < 4.78 is 1.81. The van der Waals surface area contributed by atoms with Crippen molar-refractivity contribution in [3.63, 3.8) is 0 Å². The minimum absolute atomic E-state index is 0.0487. The van der Waals surface area contributed by atoms with Gasteiger partial charge in [0.25, 0.3) is 5.56 Å². The van der Waals surface area contributed by atoms with Gasteiger partial charge in [-0.2, -0.15) is 0 Å². The highest BCUT2D eigenvalue weighted by Crippen LogP contribution is 2.31. The minimum Gasteiger partial charge on any atom is -0.268 e. The van der Waals surface area contributed by atoms with Gasteiger partial charge >= 0.3 is 0 Å². The first-order chi connectivity index (χ1) is 15.1. The number of rotatable bonds is 8. The summed E-state index contributed by atoms with van der Waals surface area (Å²) in [7, 11) is 0. The number of thioether (sulfide) groups is 1. The van der Waals surface area contributed by atoms with Crippen LogP contribution in [0.2, 0.25) is 0 Å². The Morgan fingerprint density at radius 3 is 2.39 bits per heavy atom. The molecule has 2 aromatic carbocycles. The predicted octanol–water partition coefficient (Wildman–Crippen LogP) is 6.61. The largest absolute Gasteiger partial charge is 0.268 e. The second-order valence-electron chi connectivity index (χ2n) is 7.72. The monoisotopic (exact) mass is 448 g/mol. The van der Waals surface area contributed by atoms with E-state index < -0.39 is 0 Å². The summed E-state index contributed by atoms with van der Waals surface area (Å²) in [6.45, 7) is 6.39. The predicted molar refractivity (Wildman–Crippen MR) is 134 cm³/mol. The SMILES string of the molecule is CCCc1sc2nc(SCCc3ccccc3)n(-c3ccc(CC)cc3)c(=O)c2c1C. The normalized spacial score (nSPS) is 11.3. The number of thiophene rings is 1. The summed E-state index contributed by atoms with van der Waals surface area (Å²) in [5.41, 5.74) is 4.60. The standard InChI is InChI=1S/C26H28N2OS2/c1-4-9-22-18(3)23-24(31-22)27-26(30-17-16-20-10-7-6-8-11-20)28(25(23)29)21-14-12-19(5-2)13-15-21/h6-8,10-15H,4-5,9,16-17H2,1-3H3. The van der Waals surface area contributed by atoms with Crippen LogP contribution in [0.4, 0.5) is 0 Å². The topological polar surface area (TPSA) is 34.9 Å². The Kier molecular flexibility index (Phi) is 6.93. The number of fused-ring (bicyclic) bond motifs is 1. The van der Waals surface area contributed by atoms with Crippen molar-refractivity contribution in [3.8, 4) is 5.69 Å². The molecular formula is C26H28N2OS2. The molecule has 0 unspecified atom stereocenters. The fourth-order valence-corrected chi connectivity index (χ4v) is 6.11. The lowest BCUT2D eigenvalue weighted by Crippen LogP contribution is -2.21. The average molecular weight is 449 g/mol. The van der Waals surface area contributed by atoms with E-state index in [2.05, 4.69) is 57.2 Å². The summed E-state index contributed by atoms with van der Waals surface area (Å²) in [6.07, 6.45) is 3.99. The minimum atomic E-state index is 0.0487. The second kappa shape index (κ2) is 9.84. The molecule has 0 spiro atoms. The zero-order valence-electron chi connectivity index (χ0n) is 18.4. The van der Waals surface area contributed by atoms with Crippen molar-refractivity contribution in [3.05, 3.63) is 86.5 Å². The lowest BCUT2D eigenvalue weighted by Gasteiger charge is -2.13. The molecule has 3 nitrogen and oxygen atoms in total. The van der Waals surface area contributed by atoms with Gasteiger partial charge in [0.15, 0.2) is 5.16 Å². The van der Waals surface area contributed by atoms with Gasteiger partial charge in [0.1, 0.15) is 4.83 Å². The van der Waals surface area contributed by atoms with E-state index in [-0.39, 0.29) is 5.56 Å². The molecule has 0 saturated heterocycles. The molecule has 0 amide bonds. The van der Waals surface area contributed by atoms with Crippen molar-refractivity contribution >= 4 is 33.3 Å². The summed E-state index contributed by atoms with van der Waals surface area (Å²) in [6, 6.07) is 18.8. The molecule has 31 heavy (non-hydrogen) atoms. The molecular weight excluding hydrogens is 420 g/mol. The van der Waals surface area contributed by atoms with Gasteiger partial charge in [-0.25, -0.2) is 4.98 Å². The number of aryl methyl sites for hydroxylation is 4. The van der Waals surface area contributed by atoms with Crippen LogP contribution in [0.5, 0.6) is 0 Å². The van der Waals surface area contributed by atoms with Gasteiger partial charge in [-0.05, 0) is 55.0 Å². The molecule has 0 bridgehead atoms. The quantitative estimate of drug-likeness (QED) is 0.225. The highest BCUT2D eigenvalue weighted by Gasteiger charge is 2.19. The third-order valence-corrected chi connectivity index (χ3v) is 7.76. The number of nitrogens with zero attached hydrogens (tertiary/aromatic N) is 2. The molecule has 4 aromatic rings. The highest BCUT2D eigenvalue weighted by molar-refractivity contribution is 7.99. The van der Waals surface area contributed by atoms with Gasteiger partial charge in [-0.15, -0.1) is 11.3 Å². The zero-order valence-corrected chi connectivity index (χ0v) is 20.0. The van der Waals surface area contributed by atoms with Crippen LogP contribution in [0.15, 0.2) is 64.5 Å². The summed E-state index contributed by atoms with van der Waals surface area (Å²) >= 11 is 3.34. The Hall–Kier alpha value is -2.37. The van der Waals surface area contributed by atoms with Gasteiger partial charge in [-0.3, -0.25) is 9.36 Å². The van der Waals surface area contributed by atoms with Crippen molar-refractivity contribution in [1.29, 1.82) is 0 Å². The Morgan fingerprint density at radius 1 is 0.968 bits per heavy atom. The first-order valence-corrected chi connectivity index (χ1v) is 12.7. The van der Waals surface area contributed by atoms with Crippen molar-refractivity contribution < 1.29 is 0 Å². The molecule has 0 fully saturated rings. The van der Waals surface area contributed by atoms with Gasteiger partial charge in [-0.1, -0.05) is 74.5 Å². The maximum atomic E-state index is 13.7. The first kappa shape index (κ1) is 21.8. The molecule has 2 aromatic heterocycles. The van der Waals surface area contributed by atoms with Crippen LogP contribution in [0, 0.1) is 6.92 Å². The van der Waals surface area contributed by atoms with Crippen LogP contribution in [-0.4, -0.2) is 15.3 Å². The van der Waals surface area contributed by atoms with E-state index >= 15 is 0 Å². The van der Waals surface area contributed by atoms with Gasteiger partial charge < -0.3 is 0 Å². The Morgan fingerprint density at radius 2 is 1.71 bits per heavy atom. The van der Waals surface area contributed by atoms with E-state index in [0.717, 1.165) is 58.1 Å². The molecule has 0 atom stereocenters. The van der Waals surface area contributed by atoms with E-state index in [0.29, 0.717) is 0 Å². The fourth-order valence-electron chi connectivity index (χ4n) is 3.79. The zero-order chi connectivity index (χ0) is 21.8.